The van der Waals surface area contributed by atoms with Crippen molar-refractivity contribution in [1.82, 2.24) is 0 Å². The van der Waals surface area contributed by atoms with Gasteiger partial charge in [-0.1, -0.05) is 51.1 Å². The van der Waals surface area contributed by atoms with E-state index in [1.165, 1.54) is 13.8 Å². The molecule has 25 heavy (non-hydrogen) atoms. The first-order valence-corrected chi connectivity index (χ1v) is 8.50. The van der Waals surface area contributed by atoms with Gasteiger partial charge in [0.25, 0.3) is 0 Å². The van der Waals surface area contributed by atoms with E-state index in [-0.39, 0.29) is 30.6 Å². The summed E-state index contributed by atoms with van der Waals surface area (Å²) >= 11 is 0. The van der Waals surface area contributed by atoms with Crippen LogP contribution in [0.15, 0.2) is 30.3 Å². The number of benzene rings is 1. The highest BCUT2D eigenvalue weighted by molar-refractivity contribution is 5.66. The van der Waals surface area contributed by atoms with Gasteiger partial charge in [0.1, 0.15) is 13.2 Å². The van der Waals surface area contributed by atoms with E-state index in [1.807, 2.05) is 30.3 Å². The lowest BCUT2D eigenvalue weighted by atomic mass is 9.75. The molecule has 0 aliphatic heterocycles. The van der Waals surface area contributed by atoms with Gasteiger partial charge in [0.15, 0.2) is 0 Å². The minimum atomic E-state index is -0.579. The summed E-state index contributed by atoms with van der Waals surface area (Å²) in [6.07, 6.45) is 0.690. The van der Waals surface area contributed by atoms with Gasteiger partial charge < -0.3 is 14.2 Å². The Bertz CT molecular complexity index is 527. The Kier molecular flexibility index (Phi) is 8.10. The largest absolute Gasteiger partial charge is 0.465 e. The lowest BCUT2D eigenvalue weighted by molar-refractivity contribution is -0.157. The summed E-state index contributed by atoms with van der Waals surface area (Å²) in [5, 5.41) is 0. The lowest BCUT2D eigenvalue weighted by Crippen LogP contribution is -2.41. The van der Waals surface area contributed by atoms with Gasteiger partial charge >= 0.3 is 11.9 Å². The molecule has 5 heteroatoms. The van der Waals surface area contributed by atoms with E-state index in [2.05, 4.69) is 20.8 Å². The van der Waals surface area contributed by atoms with Crippen LogP contribution in [0.3, 0.4) is 0 Å². The second kappa shape index (κ2) is 9.56. The zero-order valence-electron chi connectivity index (χ0n) is 16.0. The quantitative estimate of drug-likeness (QED) is 0.635. The molecule has 0 aliphatic rings. The molecule has 0 spiro atoms. The zero-order valence-corrected chi connectivity index (χ0v) is 16.0. The second-order valence-electron chi connectivity index (χ2n) is 7.78. The van der Waals surface area contributed by atoms with Gasteiger partial charge in [0.2, 0.25) is 0 Å². The number of hydrogen-bond acceptors (Lipinski definition) is 5. The molecule has 0 N–H and O–H groups in total. The number of hydrogen-bond donors (Lipinski definition) is 0. The van der Waals surface area contributed by atoms with E-state index >= 15 is 0 Å². The first-order valence-electron chi connectivity index (χ1n) is 8.50. The Labute approximate surface area is 150 Å². The fourth-order valence-corrected chi connectivity index (χ4v) is 2.87. The Hall–Kier alpha value is -1.88. The normalized spacial score (nSPS) is 11.9. The first kappa shape index (κ1) is 21.2. The molecule has 5 nitrogen and oxygen atoms in total. The third-order valence-electron chi connectivity index (χ3n) is 3.59. The molecular formula is C20H30O5. The van der Waals surface area contributed by atoms with Gasteiger partial charge in [-0.3, -0.25) is 9.59 Å². The Morgan fingerprint density at radius 3 is 1.84 bits per heavy atom. The van der Waals surface area contributed by atoms with Crippen molar-refractivity contribution in [3.63, 3.8) is 0 Å². The van der Waals surface area contributed by atoms with Crippen molar-refractivity contribution in [2.24, 2.45) is 10.8 Å². The summed E-state index contributed by atoms with van der Waals surface area (Å²) in [6.45, 7) is 10.1. The van der Waals surface area contributed by atoms with Crippen molar-refractivity contribution in [1.29, 1.82) is 0 Å². The molecule has 0 fully saturated rings. The molecule has 0 unspecified atom stereocenters. The summed E-state index contributed by atoms with van der Waals surface area (Å²) in [4.78, 5) is 22.6. The molecule has 0 aromatic heterocycles. The van der Waals surface area contributed by atoms with Crippen molar-refractivity contribution in [2.45, 2.75) is 47.6 Å². The number of esters is 2. The molecule has 0 bridgehead atoms. The van der Waals surface area contributed by atoms with Crippen LogP contribution >= 0.6 is 0 Å². The fourth-order valence-electron chi connectivity index (χ4n) is 2.87. The van der Waals surface area contributed by atoms with Crippen molar-refractivity contribution < 1.29 is 23.8 Å². The van der Waals surface area contributed by atoms with Crippen LogP contribution in [0.25, 0.3) is 0 Å². The molecule has 0 saturated carbocycles. The van der Waals surface area contributed by atoms with E-state index in [1.54, 1.807) is 0 Å². The standard InChI is InChI=1S/C20H30O5/c1-16(21)24-14-20(12-19(3,4)5,15-25-17(2)22)13-23-11-18-9-7-6-8-10-18/h6-10H,11-15H2,1-5H3. The second-order valence-corrected chi connectivity index (χ2v) is 7.78. The minimum Gasteiger partial charge on any atom is -0.465 e. The molecule has 1 rings (SSSR count). The number of rotatable bonds is 9. The molecule has 0 radical (unpaired) electrons. The van der Waals surface area contributed by atoms with Crippen LogP contribution in [0.2, 0.25) is 0 Å². The van der Waals surface area contributed by atoms with Gasteiger partial charge in [-0.2, -0.15) is 0 Å². The zero-order chi connectivity index (χ0) is 18.9. The van der Waals surface area contributed by atoms with Crippen LogP contribution in [0.4, 0.5) is 0 Å². The van der Waals surface area contributed by atoms with Gasteiger partial charge in [-0.25, -0.2) is 0 Å². The maximum Gasteiger partial charge on any atom is 0.302 e. The summed E-state index contributed by atoms with van der Waals surface area (Å²) in [5.74, 6) is -0.715. The molecule has 0 heterocycles. The predicted octanol–water partition coefficient (Wildman–Crippen LogP) is 3.75. The summed E-state index contributed by atoms with van der Waals surface area (Å²) < 4.78 is 16.5. The first-order chi connectivity index (χ1) is 11.6. The molecular weight excluding hydrogens is 320 g/mol. The SMILES string of the molecule is CC(=O)OCC(COCc1ccccc1)(COC(C)=O)CC(C)(C)C. The van der Waals surface area contributed by atoms with Crippen molar-refractivity contribution >= 4 is 11.9 Å². The summed E-state index contributed by atoms with van der Waals surface area (Å²) in [5.41, 5.74) is 0.438. The molecule has 0 aliphatic carbocycles. The van der Waals surface area contributed by atoms with Crippen LogP contribution in [0, 0.1) is 10.8 Å². The third-order valence-corrected chi connectivity index (χ3v) is 3.59. The summed E-state index contributed by atoms with van der Waals surface area (Å²) in [6, 6.07) is 9.85. The molecule has 0 atom stereocenters. The Morgan fingerprint density at radius 1 is 0.880 bits per heavy atom. The molecule has 0 amide bonds. The highest BCUT2D eigenvalue weighted by Crippen LogP contribution is 2.35. The fraction of sp³-hybridized carbons (Fsp3) is 0.600. The number of carbonyl (C=O) groups excluding carboxylic acids is 2. The van der Waals surface area contributed by atoms with Crippen molar-refractivity contribution in [2.75, 3.05) is 19.8 Å². The van der Waals surface area contributed by atoms with Crippen LogP contribution in [-0.4, -0.2) is 31.8 Å². The van der Waals surface area contributed by atoms with Gasteiger partial charge in [-0.15, -0.1) is 0 Å². The van der Waals surface area contributed by atoms with Gasteiger partial charge in [-0.05, 0) is 17.4 Å². The maximum absolute atomic E-state index is 11.3. The van der Waals surface area contributed by atoms with Crippen LogP contribution in [0.1, 0.15) is 46.6 Å². The van der Waals surface area contributed by atoms with Crippen LogP contribution in [0.5, 0.6) is 0 Å². The van der Waals surface area contributed by atoms with Crippen LogP contribution < -0.4 is 0 Å². The predicted molar refractivity (Wildman–Crippen MR) is 95.9 cm³/mol. The lowest BCUT2D eigenvalue weighted by Gasteiger charge is -2.37. The molecule has 1 aromatic rings. The molecule has 0 saturated heterocycles. The topological polar surface area (TPSA) is 61.8 Å². The average Bonchev–Trinajstić information content (AvgIpc) is 2.50. The highest BCUT2D eigenvalue weighted by Gasteiger charge is 2.38. The Morgan fingerprint density at radius 2 is 1.40 bits per heavy atom. The van der Waals surface area contributed by atoms with Gasteiger partial charge in [0.05, 0.1) is 18.6 Å². The molecule has 1 aromatic carbocycles. The molecule has 140 valence electrons. The van der Waals surface area contributed by atoms with E-state index in [9.17, 15) is 9.59 Å². The number of ether oxygens (including phenoxy) is 3. The maximum atomic E-state index is 11.3. The smallest absolute Gasteiger partial charge is 0.302 e. The summed E-state index contributed by atoms with van der Waals surface area (Å²) in [7, 11) is 0. The average molecular weight is 350 g/mol. The third kappa shape index (κ3) is 9.25. The Balaban J connectivity index is 2.86. The van der Waals surface area contributed by atoms with Crippen molar-refractivity contribution in [3.05, 3.63) is 35.9 Å². The van der Waals surface area contributed by atoms with E-state index < -0.39 is 5.41 Å². The van der Waals surface area contributed by atoms with Crippen molar-refractivity contribution in [3.8, 4) is 0 Å². The number of carbonyl (C=O) groups is 2. The van der Waals surface area contributed by atoms with E-state index in [4.69, 9.17) is 14.2 Å². The van der Waals surface area contributed by atoms with Gasteiger partial charge in [0, 0.05) is 13.8 Å². The van der Waals surface area contributed by atoms with Crippen LogP contribution in [-0.2, 0) is 30.4 Å². The van der Waals surface area contributed by atoms with E-state index in [0.29, 0.717) is 19.6 Å². The monoisotopic (exact) mass is 350 g/mol. The minimum absolute atomic E-state index is 0.0452. The van der Waals surface area contributed by atoms with E-state index in [0.717, 1.165) is 5.56 Å². The highest BCUT2D eigenvalue weighted by atomic mass is 16.6.